The predicted octanol–water partition coefficient (Wildman–Crippen LogP) is 3.58. The van der Waals surface area contributed by atoms with Gasteiger partial charge in [0.25, 0.3) is 0 Å². The van der Waals surface area contributed by atoms with E-state index in [1.54, 1.807) is 43.2 Å². The van der Waals surface area contributed by atoms with Crippen LogP contribution in [0.2, 0.25) is 0 Å². The van der Waals surface area contributed by atoms with E-state index < -0.39 is 16.1 Å². The summed E-state index contributed by atoms with van der Waals surface area (Å²) in [5.41, 5.74) is 1.40. The van der Waals surface area contributed by atoms with Gasteiger partial charge in [-0.2, -0.15) is 0 Å². The van der Waals surface area contributed by atoms with Gasteiger partial charge >= 0.3 is 0 Å². The Balaban J connectivity index is 2.14. The van der Waals surface area contributed by atoms with Crippen molar-refractivity contribution in [1.82, 2.24) is 10.2 Å². The number of methoxy groups -OCH3 is 1. The predicted molar refractivity (Wildman–Crippen MR) is 139 cm³/mol. The molecule has 8 nitrogen and oxygen atoms in total. The fourth-order valence-electron chi connectivity index (χ4n) is 3.68. The second kappa shape index (κ2) is 13.7. The van der Waals surface area contributed by atoms with E-state index in [2.05, 4.69) is 5.32 Å². The summed E-state index contributed by atoms with van der Waals surface area (Å²) in [7, 11) is -1.93. The summed E-state index contributed by atoms with van der Waals surface area (Å²) in [6.07, 6.45) is 3.40. The number of para-hydroxylation sites is 1. The molecular weight excluding hydrogens is 466 g/mol. The number of anilines is 1. The molecule has 0 spiro atoms. The number of carbonyl (C=O) groups excluding carboxylic acids is 2. The number of hydrogen-bond donors (Lipinski definition) is 1. The Labute approximate surface area is 209 Å². The summed E-state index contributed by atoms with van der Waals surface area (Å²) in [6, 6.07) is 15.5. The lowest BCUT2D eigenvalue weighted by Crippen LogP contribution is -2.48. The van der Waals surface area contributed by atoms with E-state index in [1.165, 1.54) is 4.31 Å². The number of nitrogens with one attached hydrogen (secondary N) is 1. The molecule has 2 aromatic rings. The van der Waals surface area contributed by atoms with E-state index in [0.717, 1.165) is 24.7 Å². The minimum absolute atomic E-state index is 0.107. The zero-order chi connectivity index (χ0) is 25.8. The third kappa shape index (κ3) is 8.90. The molecule has 35 heavy (non-hydrogen) atoms. The van der Waals surface area contributed by atoms with Crippen LogP contribution in [0.4, 0.5) is 5.69 Å². The van der Waals surface area contributed by atoms with Crippen molar-refractivity contribution in [3.63, 3.8) is 0 Å². The third-order valence-corrected chi connectivity index (χ3v) is 6.87. The topological polar surface area (TPSA) is 96.0 Å². The van der Waals surface area contributed by atoms with E-state index >= 15 is 0 Å². The first-order chi connectivity index (χ1) is 16.7. The largest absolute Gasteiger partial charge is 0.497 e. The summed E-state index contributed by atoms with van der Waals surface area (Å²) < 4.78 is 31.3. The number of hydrogen-bond acceptors (Lipinski definition) is 5. The van der Waals surface area contributed by atoms with Crippen LogP contribution in [0.15, 0.2) is 54.6 Å². The monoisotopic (exact) mass is 503 g/mol. The minimum Gasteiger partial charge on any atom is -0.497 e. The van der Waals surface area contributed by atoms with E-state index in [1.807, 2.05) is 37.3 Å². The number of sulfonamides is 1. The third-order valence-electron chi connectivity index (χ3n) is 5.68. The number of ether oxygens (including phenoxy) is 1. The molecular formula is C26H37N3O5S. The number of nitrogens with zero attached hydrogens (tertiary/aromatic N) is 2. The molecule has 2 rings (SSSR count). The van der Waals surface area contributed by atoms with Gasteiger partial charge in [-0.3, -0.25) is 13.9 Å². The highest BCUT2D eigenvalue weighted by Crippen LogP contribution is 2.20. The highest BCUT2D eigenvalue weighted by Gasteiger charge is 2.26. The average Bonchev–Trinajstić information content (AvgIpc) is 2.84. The maximum absolute atomic E-state index is 13.3. The van der Waals surface area contributed by atoms with Crippen LogP contribution in [0.1, 0.15) is 45.1 Å². The molecule has 0 aliphatic rings. The standard InChI is InChI=1S/C26H37N3O5S/c1-5-6-17-27-26(31)21(2)28(20-22-12-10-15-24(19-22)34-3)25(30)16-11-18-29(35(4,32)33)23-13-8-7-9-14-23/h7-10,12-15,19,21H,5-6,11,16-18,20H2,1-4H3,(H,27,31)/t21-/m0/s1. The summed E-state index contributed by atoms with van der Waals surface area (Å²) in [5.74, 6) is 0.242. The van der Waals surface area contributed by atoms with Gasteiger partial charge < -0.3 is 15.0 Å². The van der Waals surface area contributed by atoms with Crippen molar-refractivity contribution in [3.05, 3.63) is 60.2 Å². The van der Waals surface area contributed by atoms with Crippen molar-refractivity contribution in [1.29, 1.82) is 0 Å². The lowest BCUT2D eigenvalue weighted by molar-refractivity contribution is -0.140. The Hall–Kier alpha value is -3.07. The summed E-state index contributed by atoms with van der Waals surface area (Å²) >= 11 is 0. The number of carbonyl (C=O) groups is 2. The van der Waals surface area contributed by atoms with Crippen molar-refractivity contribution in [3.8, 4) is 5.75 Å². The first kappa shape index (κ1) is 28.2. The number of benzene rings is 2. The van der Waals surface area contributed by atoms with Gasteiger partial charge in [0.15, 0.2) is 0 Å². The molecule has 0 aromatic heterocycles. The molecule has 9 heteroatoms. The van der Waals surface area contributed by atoms with Crippen molar-refractivity contribution in [2.75, 3.05) is 30.8 Å². The smallest absolute Gasteiger partial charge is 0.242 e. The SMILES string of the molecule is CCCCNC(=O)[C@H](C)N(Cc1cccc(OC)c1)C(=O)CCCN(c1ccccc1)S(C)(=O)=O. The molecule has 0 bridgehead atoms. The molecule has 0 heterocycles. The molecule has 1 atom stereocenters. The molecule has 0 aliphatic heterocycles. The Morgan fingerprint density at radius 3 is 2.40 bits per heavy atom. The Kier molecular flexibility index (Phi) is 11.0. The van der Waals surface area contributed by atoms with Crippen LogP contribution in [0.3, 0.4) is 0 Å². The Morgan fingerprint density at radius 2 is 1.77 bits per heavy atom. The van der Waals surface area contributed by atoms with Crippen LogP contribution in [-0.4, -0.2) is 57.6 Å². The van der Waals surface area contributed by atoms with Gasteiger partial charge in [-0.25, -0.2) is 8.42 Å². The van der Waals surface area contributed by atoms with Gasteiger partial charge in [0.1, 0.15) is 11.8 Å². The second-order valence-electron chi connectivity index (χ2n) is 8.47. The highest BCUT2D eigenvalue weighted by molar-refractivity contribution is 7.92. The second-order valence-corrected chi connectivity index (χ2v) is 10.4. The zero-order valence-corrected chi connectivity index (χ0v) is 21.9. The van der Waals surface area contributed by atoms with Crippen LogP contribution < -0.4 is 14.4 Å². The summed E-state index contributed by atoms with van der Waals surface area (Å²) in [4.78, 5) is 27.6. The fourth-order valence-corrected chi connectivity index (χ4v) is 4.65. The van der Waals surface area contributed by atoms with Gasteiger partial charge in [0.05, 0.1) is 19.1 Å². The van der Waals surface area contributed by atoms with E-state index in [9.17, 15) is 18.0 Å². The van der Waals surface area contributed by atoms with E-state index in [4.69, 9.17) is 4.74 Å². The Bertz CT molecular complexity index is 1060. The minimum atomic E-state index is -3.50. The fraction of sp³-hybridized carbons (Fsp3) is 0.462. The molecule has 0 unspecified atom stereocenters. The zero-order valence-electron chi connectivity index (χ0n) is 21.1. The molecule has 1 N–H and O–H groups in total. The molecule has 0 fully saturated rings. The van der Waals surface area contributed by atoms with Crippen molar-refractivity contribution in [2.45, 2.75) is 52.1 Å². The summed E-state index contributed by atoms with van der Waals surface area (Å²) in [5, 5.41) is 2.90. The molecule has 0 radical (unpaired) electrons. The van der Waals surface area contributed by atoms with Crippen molar-refractivity contribution >= 4 is 27.5 Å². The van der Waals surface area contributed by atoms with Gasteiger partial charge in [0, 0.05) is 26.1 Å². The van der Waals surface area contributed by atoms with Crippen LogP contribution in [-0.2, 0) is 26.2 Å². The normalized spacial score (nSPS) is 12.0. The average molecular weight is 504 g/mol. The lowest BCUT2D eigenvalue weighted by atomic mass is 10.1. The molecule has 0 saturated heterocycles. The molecule has 2 amide bonds. The van der Waals surface area contributed by atoms with Gasteiger partial charge in [-0.15, -0.1) is 0 Å². The number of unbranched alkanes of at least 4 members (excludes halogenated alkanes) is 1. The Morgan fingerprint density at radius 1 is 1.06 bits per heavy atom. The summed E-state index contributed by atoms with van der Waals surface area (Å²) in [6.45, 7) is 4.72. The van der Waals surface area contributed by atoms with E-state index in [0.29, 0.717) is 24.4 Å². The van der Waals surface area contributed by atoms with Crippen molar-refractivity contribution in [2.24, 2.45) is 0 Å². The molecule has 0 saturated carbocycles. The first-order valence-corrected chi connectivity index (χ1v) is 13.7. The quantitative estimate of drug-likeness (QED) is 0.398. The van der Waals surface area contributed by atoms with Crippen LogP contribution in [0.25, 0.3) is 0 Å². The maximum atomic E-state index is 13.3. The van der Waals surface area contributed by atoms with Crippen molar-refractivity contribution < 1.29 is 22.7 Å². The number of amides is 2. The van der Waals surface area contributed by atoms with Crippen LogP contribution in [0, 0.1) is 0 Å². The van der Waals surface area contributed by atoms with Gasteiger partial charge in [-0.1, -0.05) is 43.7 Å². The lowest BCUT2D eigenvalue weighted by Gasteiger charge is -2.29. The van der Waals surface area contributed by atoms with Gasteiger partial charge in [0.2, 0.25) is 21.8 Å². The number of rotatable bonds is 14. The first-order valence-electron chi connectivity index (χ1n) is 11.9. The molecule has 0 aliphatic carbocycles. The van der Waals surface area contributed by atoms with E-state index in [-0.39, 0.29) is 31.3 Å². The highest BCUT2D eigenvalue weighted by atomic mass is 32.2. The van der Waals surface area contributed by atoms with Crippen LogP contribution >= 0.6 is 0 Å². The van der Waals surface area contributed by atoms with Crippen LogP contribution in [0.5, 0.6) is 5.75 Å². The molecule has 192 valence electrons. The van der Waals surface area contributed by atoms with Gasteiger partial charge in [-0.05, 0) is 49.6 Å². The maximum Gasteiger partial charge on any atom is 0.242 e. The molecule has 2 aromatic carbocycles.